The van der Waals surface area contributed by atoms with Gasteiger partial charge in [-0.2, -0.15) is 0 Å². The van der Waals surface area contributed by atoms with E-state index in [9.17, 15) is 4.79 Å². The molecule has 0 radical (unpaired) electrons. The molecule has 0 fully saturated rings. The second kappa shape index (κ2) is 6.17. The highest BCUT2D eigenvalue weighted by molar-refractivity contribution is 6.09. The van der Waals surface area contributed by atoms with Crippen LogP contribution < -0.4 is 4.74 Å². The maximum Gasteiger partial charge on any atom is 0.415 e. The average molecular weight is 378 g/mol. The fraction of sp³-hybridized carbons (Fsp3) is 0.120. The van der Waals surface area contributed by atoms with Gasteiger partial charge in [0.15, 0.2) is 0 Å². The summed E-state index contributed by atoms with van der Waals surface area (Å²) in [6.45, 7) is 1.03. The normalized spacial score (nSPS) is 14.4. The molecular formula is C25H18N2O2. The summed E-state index contributed by atoms with van der Waals surface area (Å²) in [6, 6.07) is 18.4. The first-order valence-electron chi connectivity index (χ1n) is 9.81. The van der Waals surface area contributed by atoms with Crippen LogP contribution in [0.2, 0.25) is 0 Å². The molecule has 0 N–H and O–H groups in total. The summed E-state index contributed by atoms with van der Waals surface area (Å²) in [6.07, 6.45) is 6.80. The van der Waals surface area contributed by atoms with Crippen molar-refractivity contribution in [2.45, 2.75) is 19.5 Å². The van der Waals surface area contributed by atoms with Gasteiger partial charge in [0.1, 0.15) is 5.75 Å². The van der Waals surface area contributed by atoms with E-state index >= 15 is 0 Å². The van der Waals surface area contributed by atoms with Crippen molar-refractivity contribution < 1.29 is 9.53 Å². The van der Waals surface area contributed by atoms with Crippen LogP contribution >= 0.6 is 0 Å². The number of carbonyl (C=O) groups excluding carboxylic acids is 1. The first-order chi connectivity index (χ1) is 14.3. The molecule has 1 aliphatic carbocycles. The van der Waals surface area contributed by atoms with Crippen LogP contribution in [-0.4, -0.2) is 16.0 Å². The van der Waals surface area contributed by atoms with Crippen molar-refractivity contribution in [3.8, 4) is 5.75 Å². The van der Waals surface area contributed by atoms with Gasteiger partial charge in [0.25, 0.3) is 0 Å². The second-order valence-electron chi connectivity index (χ2n) is 7.62. The number of hydrogen-bond donors (Lipinski definition) is 0. The lowest BCUT2D eigenvalue weighted by Gasteiger charge is -2.15. The monoisotopic (exact) mass is 378 g/mol. The van der Waals surface area contributed by atoms with Crippen LogP contribution in [-0.2, 0) is 19.5 Å². The van der Waals surface area contributed by atoms with Crippen LogP contribution in [0.4, 0.5) is 4.79 Å². The van der Waals surface area contributed by atoms with E-state index in [1.807, 2.05) is 24.3 Å². The standard InChI is InChI=1S/C25H18N2O2/c28-25(27-14-18-4-2-12-26-24(18)15-27)29-19-8-11-21-17(13-19)7-10-22-20-5-1-3-16(20)6-9-23(21)22/h1-4,6-13H,5,14-15H2. The minimum Gasteiger partial charge on any atom is -0.410 e. The number of amides is 1. The molecule has 140 valence electrons. The Kier molecular flexibility index (Phi) is 3.47. The largest absolute Gasteiger partial charge is 0.415 e. The van der Waals surface area contributed by atoms with Gasteiger partial charge in [0.05, 0.1) is 18.8 Å². The van der Waals surface area contributed by atoms with Crippen molar-refractivity contribution in [1.29, 1.82) is 0 Å². The molecular weight excluding hydrogens is 360 g/mol. The van der Waals surface area contributed by atoms with Crippen molar-refractivity contribution in [3.05, 3.63) is 89.3 Å². The van der Waals surface area contributed by atoms with Crippen molar-refractivity contribution in [3.63, 3.8) is 0 Å². The van der Waals surface area contributed by atoms with E-state index in [1.54, 1.807) is 11.1 Å². The molecule has 0 saturated carbocycles. The number of benzene rings is 3. The quantitative estimate of drug-likeness (QED) is 0.412. The SMILES string of the molecule is O=C(Oc1ccc2c(ccc3c4c(ccc32)C=CC4)c1)N1Cc2cccnc2C1. The second-order valence-corrected chi connectivity index (χ2v) is 7.62. The Labute approximate surface area is 168 Å². The predicted octanol–water partition coefficient (Wildman–Crippen LogP) is 5.47. The van der Waals surface area contributed by atoms with Crippen molar-refractivity contribution in [2.75, 3.05) is 0 Å². The van der Waals surface area contributed by atoms with E-state index in [0.717, 1.165) is 23.1 Å². The summed E-state index contributed by atoms with van der Waals surface area (Å²) in [7, 11) is 0. The number of aromatic nitrogens is 1. The molecule has 6 rings (SSSR count). The third-order valence-corrected chi connectivity index (χ3v) is 5.91. The molecule has 0 atom stereocenters. The summed E-state index contributed by atoms with van der Waals surface area (Å²) >= 11 is 0. The Morgan fingerprint density at radius 3 is 2.79 bits per heavy atom. The zero-order valence-corrected chi connectivity index (χ0v) is 15.8. The van der Waals surface area contributed by atoms with Gasteiger partial charge in [0.2, 0.25) is 0 Å². The van der Waals surface area contributed by atoms with E-state index in [-0.39, 0.29) is 6.09 Å². The molecule has 2 aliphatic rings. The fourth-order valence-corrected chi connectivity index (χ4v) is 4.45. The van der Waals surface area contributed by atoms with Gasteiger partial charge in [0, 0.05) is 6.20 Å². The zero-order chi connectivity index (χ0) is 19.4. The van der Waals surface area contributed by atoms with Gasteiger partial charge in [-0.1, -0.05) is 48.6 Å². The third kappa shape index (κ3) is 2.60. The molecule has 4 heteroatoms. The highest BCUT2D eigenvalue weighted by Crippen LogP contribution is 2.34. The van der Waals surface area contributed by atoms with Crippen molar-refractivity contribution in [1.82, 2.24) is 9.88 Å². The van der Waals surface area contributed by atoms with E-state index < -0.39 is 0 Å². The Morgan fingerprint density at radius 1 is 0.966 bits per heavy atom. The lowest BCUT2D eigenvalue weighted by atomic mass is 9.96. The molecule has 0 saturated heterocycles. The van der Waals surface area contributed by atoms with Gasteiger partial charge in [-0.05, 0) is 62.9 Å². The van der Waals surface area contributed by atoms with Gasteiger partial charge >= 0.3 is 6.09 Å². The number of pyridine rings is 1. The van der Waals surface area contributed by atoms with Gasteiger partial charge in [-0.15, -0.1) is 0 Å². The first kappa shape index (κ1) is 16.3. The van der Waals surface area contributed by atoms with E-state index in [1.165, 1.54) is 27.3 Å². The summed E-state index contributed by atoms with van der Waals surface area (Å²) in [5, 5.41) is 4.78. The third-order valence-electron chi connectivity index (χ3n) is 5.91. The van der Waals surface area contributed by atoms with Crippen LogP contribution in [0.3, 0.4) is 0 Å². The number of rotatable bonds is 1. The number of allylic oxidation sites excluding steroid dienone is 1. The molecule has 0 bridgehead atoms. The molecule has 0 spiro atoms. The van der Waals surface area contributed by atoms with Gasteiger partial charge in [-0.25, -0.2) is 4.79 Å². The maximum absolute atomic E-state index is 12.6. The smallest absolute Gasteiger partial charge is 0.410 e. The number of nitrogens with zero attached hydrogens (tertiary/aromatic N) is 2. The molecule has 1 amide bonds. The minimum atomic E-state index is -0.341. The summed E-state index contributed by atoms with van der Waals surface area (Å²) in [5.74, 6) is 0.564. The Morgan fingerprint density at radius 2 is 1.86 bits per heavy atom. The maximum atomic E-state index is 12.6. The lowest BCUT2D eigenvalue weighted by molar-refractivity contribution is 0.152. The van der Waals surface area contributed by atoms with E-state index in [4.69, 9.17) is 4.74 Å². The number of fused-ring (bicyclic) bond motifs is 6. The number of carbonyl (C=O) groups is 1. The summed E-state index contributed by atoms with van der Waals surface area (Å²) in [4.78, 5) is 18.6. The van der Waals surface area contributed by atoms with Crippen LogP contribution in [0.5, 0.6) is 5.75 Å². The summed E-state index contributed by atoms with van der Waals surface area (Å²) in [5.41, 5.74) is 4.72. The van der Waals surface area contributed by atoms with Gasteiger partial charge in [-0.3, -0.25) is 9.88 Å². The molecule has 1 aliphatic heterocycles. The molecule has 2 heterocycles. The van der Waals surface area contributed by atoms with Crippen molar-refractivity contribution >= 4 is 33.7 Å². The minimum absolute atomic E-state index is 0.341. The van der Waals surface area contributed by atoms with Crippen LogP contribution in [0.25, 0.3) is 27.6 Å². The number of ether oxygens (including phenoxy) is 1. The molecule has 3 aromatic carbocycles. The Balaban J connectivity index is 1.30. The van der Waals surface area contributed by atoms with Gasteiger partial charge < -0.3 is 4.74 Å². The molecule has 4 aromatic rings. The van der Waals surface area contributed by atoms with Crippen molar-refractivity contribution in [2.24, 2.45) is 0 Å². The van der Waals surface area contributed by atoms with Crippen LogP contribution in [0.15, 0.2) is 66.9 Å². The van der Waals surface area contributed by atoms with Crippen LogP contribution in [0, 0.1) is 0 Å². The zero-order valence-electron chi connectivity index (χ0n) is 15.8. The Hall–Kier alpha value is -3.66. The fourth-order valence-electron chi connectivity index (χ4n) is 4.45. The van der Waals surface area contributed by atoms with E-state index in [2.05, 4.69) is 47.5 Å². The molecule has 0 unspecified atom stereocenters. The lowest BCUT2D eigenvalue weighted by Crippen LogP contribution is -2.28. The van der Waals surface area contributed by atoms with E-state index in [0.29, 0.717) is 18.8 Å². The highest BCUT2D eigenvalue weighted by atomic mass is 16.6. The predicted molar refractivity (Wildman–Crippen MR) is 114 cm³/mol. The average Bonchev–Trinajstić information content (AvgIpc) is 3.40. The first-order valence-corrected chi connectivity index (χ1v) is 9.81. The highest BCUT2D eigenvalue weighted by Gasteiger charge is 2.25. The number of hydrogen-bond acceptors (Lipinski definition) is 3. The molecule has 29 heavy (non-hydrogen) atoms. The van der Waals surface area contributed by atoms with Crippen LogP contribution in [0.1, 0.15) is 22.4 Å². The summed E-state index contributed by atoms with van der Waals surface area (Å²) < 4.78 is 5.67. The topological polar surface area (TPSA) is 42.4 Å². The Bertz CT molecular complexity index is 1310. The molecule has 1 aromatic heterocycles. The molecule has 4 nitrogen and oxygen atoms in total.